The first-order chi connectivity index (χ1) is 4.84. The van der Waals surface area contributed by atoms with Crippen LogP contribution in [-0.4, -0.2) is 11.7 Å². The molecule has 2 heteroatoms. The van der Waals surface area contributed by atoms with Crippen LogP contribution in [0.5, 0.6) is 0 Å². The van der Waals surface area contributed by atoms with Crippen molar-refractivity contribution in [2.75, 3.05) is 0 Å². The Morgan fingerprint density at radius 3 is 3.20 bits per heavy atom. The minimum atomic E-state index is -0.162. The van der Waals surface area contributed by atoms with E-state index in [0.717, 1.165) is 12.0 Å². The summed E-state index contributed by atoms with van der Waals surface area (Å²) in [5, 5.41) is 0. The molecule has 10 heavy (non-hydrogen) atoms. The van der Waals surface area contributed by atoms with Crippen molar-refractivity contribution in [3.05, 3.63) is 23.8 Å². The average Bonchev–Trinajstić information content (AvgIpc) is 1.94. The molecule has 54 valence electrons. The third-order valence-electron chi connectivity index (χ3n) is 1.31. The average molecular weight is 156 g/mol. The fourth-order valence-corrected chi connectivity index (χ4v) is 1.07. The summed E-state index contributed by atoms with van der Waals surface area (Å²) in [6, 6.07) is 0. The second kappa shape index (κ2) is 3.57. The maximum absolute atomic E-state index is 5.84. The van der Waals surface area contributed by atoms with Gasteiger partial charge in [-0.2, -0.15) is 0 Å². The lowest BCUT2D eigenvalue weighted by Crippen LogP contribution is -2.00. The number of hydrogen-bond donors (Lipinski definition) is 0. The first-order valence-corrected chi connectivity index (χ1v) is 3.82. The monoisotopic (exact) mass is 155 g/mol. The smallest absolute Gasteiger partial charge is 0.148 e. The highest BCUT2D eigenvalue weighted by Crippen LogP contribution is 2.15. The SMILES string of the molecule is CCC=C1C=CC=NC1Cl. The molecule has 1 aliphatic heterocycles. The molecule has 0 aromatic carbocycles. The summed E-state index contributed by atoms with van der Waals surface area (Å²) in [6.07, 6.45) is 8.72. The quantitative estimate of drug-likeness (QED) is 0.408. The fourth-order valence-electron chi connectivity index (χ4n) is 0.846. The summed E-state index contributed by atoms with van der Waals surface area (Å²) >= 11 is 5.84. The fraction of sp³-hybridized carbons (Fsp3) is 0.375. The van der Waals surface area contributed by atoms with Crippen LogP contribution in [0.4, 0.5) is 0 Å². The summed E-state index contributed by atoms with van der Waals surface area (Å²) in [5.74, 6) is 0. The number of halogens is 1. The van der Waals surface area contributed by atoms with Gasteiger partial charge in [0.05, 0.1) is 0 Å². The standard InChI is InChI=1S/C8H10ClN/c1-2-4-7-5-3-6-10-8(7)9/h3-6,8H,2H2,1H3. The zero-order valence-corrected chi connectivity index (χ0v) is 6.67. The molecule has 0 fully saturated rings. The topological polar surface area (TPSA) is 12.4 Å². The predicted octanol–water partition coefficient (Wildman–Crippen LogP) is 2.53. The van der Waals surface area contributed by atoms with Gasteiger partial charge in [0, 0.05) is 6.21 Å². The van der Waals surface area contributed by atoms with Gasteiger partial charge in [-0.15, -0.1) is 0 Å². The molecule has 0 aliphatic carbocycles. The highest BCUT2D eigenvalue weighted by molar-refractivity contribution is 6.23. The van der Waals surface area contributed by atoms with E-state index in [9.17, 15) is 0 Å². The molecule has 1 heterocycles. The van der Waals surface area contributed by atoms with Crippen LogP contribution in [0.1, 0.15) is 13.3 Å². The van der Waals surface area contributed by atoms with Crippen molar-refractivity contribution in [2.24, 2.45) is 4.99 Å². The lowest BCUT2D eigenvalue weighted by atomic mass is 10.2. The summed E-state index contributed by atoms with van der Waals surface area (Å²) in [4.78, 5) is 4.02. The number of alkyl halides is 1. The van der Waals surface area contributed by atoms with E-state index < -0.39 is 0 Å². The van der Waals surface area contributed by atoms with E-state index in [1.165, 1.54) is 0 Å². The number of aliphatic imine (C=N–C) groups is 1. The molecule has 1 atom stereocenters. The number of dihydropyridines is 1. The molecule has 0 spiro atoms. The summed E-state index contributed by atoms with van der Waals surface area (Å²) < 4.78 is 0. The molecule has 0 radical (unpaired) electrons. The first-order valence-electron chi connectivity index (χ1n) is 3.38. The van der Waals surface area contributed by atoms with Crippen LogP contribution in [0, 0.1) is 0 Å². The lowest BCUT2D eigenvalue weighted by molar-refractivity contribution is 1.05. The minimum Gasteiger partial charge on any atom is -0.269 e. The summed E-state index contributed by atoms with van der Waals surface area (Å²) in [7, 11) is 0. The minimum absolute atomic E-state index is 0.162. The van der Waals surface area contributed by atoms with E-state index >= 15 is 0 Å². The largest absolute Gasteiger partial charge is 0.269 e. The van der Waals surface area contributed by atoms with Gasteiger partial charge in [-0.05, 0) is 18.1 Å². The van der Waals surface area contributed by atoms with Crippen LogP contribution in [0.25, 0.3) is 0 Å². The van der Waals surface area contributed by atoms with E-state index in [0.29, 0.717) is 0 Å². The van der Waals surface area contributed by atoms with Crippen molar-refractivity contribution < 1.29 is 0 Å². The Morgan fingerprint density at radius 1 is 1.80 bits per heavy atom. The van der Waals surface area contributed by atoms with E-state index in [1.807, 2.05) is 12.2 Å². The molecular formula is C8H10ClN. The van der Waals surface area contributed by atoms with E-state index in [-0.39, 0.29) is 5.50 Å². The first kappa shape index (κ1) is 7.55. The van der Waals surface area contributed by atoms with Gasteiger partial charge in [-0.3, -0.25) is 4.99 Å². The van der Waals surface area contributed by atoms with Gasteiger partial charge in [0.25, 0.3) is 0 Å². The molecule has 1 nitrogen and oxygen atoms in total. The molecule has 0 saturated carbocycles. The number of allylic oxidation sites excluding steroid dienone is 2. The summed E-state index contributed by atoms with van der Waals surface area (Å²) in [5.41, 5.74) is 0.941. The maximum atomic E-state index is 5.84. The highest BCUT2D eigenvalue weighted by Gasteiger charge is 2.05. The molecule has 0 bridgehead atoms. The van der Waals surface area contributed by atoms with Crippen LogP contribution in [0.2, 0.25) is 0 Å². The molecular weight excluding hydrogens is 146 g/mol. The second-order valence-corrected chi connectivity index (χ2v) is 2.52. The molecule has 1 rings (SSSR count). The second-order valence-electron chi connectivity index (χ2n) is 2.11. The van der Waals surface area contributed by atoms with Crippen LogP contribution >= 0.6 is 11.6 Å². The van der Waals surface area contributed by atoms with Crippen molar-refractivity contribution in [3.63, 3.8) is 0 Å². The van der Waals surface area contributed by atoms with Crippen molar-refractivity contribution in [2.45, 2.75) is 18.8 Å². The Hall–Kier alpha value is -0.560. The summed E-state index contributed by atoms with van der Waals surface area (Å²) in [6.45, 7) is 2.09. The predicted molar refractivity (Wildman–Crippen MR) is 45.6 cm³/mol. The van der Waals surface area contributed by atoms with E-state index in [4.69, 9.17) is 11.6 Å². The molecule has 0 amide bonds. The van der Waals surface area contributed by atoms with Crippen molar-refractivity contribution in [1.29, 1.82) is 0 Å². The van der Waals surface area contributed by atoms with Gasteiger partial charge < -0.3 is 0 Å². The Morgan fingerprint density at radius 2 is 2.60 bits per heavy atom. The maximum Gasteiger partial charge on any atom is 0.148 e. The van der Waals surface area contributed by atoms with Gasteiger partial charge in [-0.1, -0.05) is 30.7 Å². The van der Waals surface area contributed by atoms with Gasteiger partial charge in [-0.25, -0.2) is 0 Å². The van der Waals surface area contributed by atoms with Crippen molar-refractivity contribution >= 4 is 17.8 Å². The Balaban J connectivity index is 2.70. The van der Waals surface area contributed by atoms with Crippen LogP contribution in [0.15, 0.2) is 28.8 Å². The van der Waals surface area contributed by atoms with Crippen molar-refractivity contribution in [3.8, 4) is 0 Å². The number of rotatable bonds is 1. The van der Waals surface area contributed by atoms with Crippen LogP contribution < -0.4 is 0 Å². The zero-order valence-electron chi connectivity index (χ0n) is 5.92. The molecule has 0 aromatic rings. The Bertz CT molecular complexity index is 191. The molecule has 0 aromatic heterocycles. The van der Waals surface area contributed by atoms with E-state index in [1.54, 1.807) is 6.21 Å². The van der Waals surface area contributed by atoms with Gasteiger partial charge in [0.2, 0.25) is 0 Å². The number of hydrogen-bond acceptors (Lipinski definition) is 1. The van der Waals surface area contributed by atoms with Crippen LogP contribution in [-0.2, 0) is 0 Å². The normalized spacial score (nSPS) is 27.8. The Labute approximate surface area is 66.1 Å². The van der Waals surface area contributed by atoms with Gasteiger partial charge >= 0.3 is 0 Å². The molecule has 0 saturated heterocycles. The molecule has 1 aliphatic rings. The third-order valence-corrected chi connectivity index (χ3v) is 1.67. The number of nitrogens with zero attached hydrogens (tertiary/aromatic N) is 1. The van der Waals surface area contributed by atoms with Gasteiger partial charge in [0.1, 0.15) is 5.50 Å². The van der Waals surface area contributed by atoms with Crippen molar-refractivity contribution in [1.82, 2.24) is 0 Å². The highest BCUT2D eigenvalue weighted by atomic mass is 35.5. The van der Waals surface area contributed by atoms with Crippen LogP contribution in [0.3, 0.4) is 0 Å². The lowest BCUT2D eigenvalue weighted by Gasteiger charge is -2.07. The molecule has 0 N–H and O–H groups in total. The zero-order chi connectivity index (χ0) is 7.40. The van der Waals surface area contributed by atoms with Gasteiger partial charge in [0.15, 0.2) is 0 Å². The Kier molecular flexibility index (Phi) is 2.69. The third kappa shape index (κ3) is 1.71. The van der Waals surface area contributed by atoms with E-state index in [2.05, 4.69) is 18.0 Å². The molecule has 1 unspecified atom stereocenters.